The van der Waals surface area contributed by atoms with E-state index < -0.39 is 0 Å². The van der Waals surface area contributed by atoms with Crippen LogP contribution in [0.25, 0.3) is 10.4 Å². The Hall–Kier alpha value is -1.12. The number of thiophene rings is 1. The molecule has 1 aliphatic heterocycles. The lowest BCUT2D eigenvalue weighted by molar-refractivity contribution is 0.445. The molecule has 3 rings (SSSR count). The maximum absolute atomic E-state index is 3.52. The summed E-state index contributed by atoms with van der Waals surface area (Å²) in [6.07, 6.45) is 0. The minimum absolute atomic E-state index is 0.263. The highest BCUT2D eigenvalue weighted by Gasteiger charge is 2.29. The summed E-state index contributed by atoms with van der Waals surface area (Å²) in [6, 6.07) is 11.0. The smallest absolute Gasteiger partial charge is 0.0351 e. The van der Waals surface area contributed by atoms with Crippen molar-refractivity contribution in [2.24, 2.45) is 0 Å². The van der Waals surface area contributed by atoms with Gasteiger partial charge in [-0.2, -0.15) is 0 Å². The highest BCUT2D eigenvalue weighted by atomic mass is 32.1. The number of rotatable bonds is 1. The quantitative estimate of drug-likeness (QED) is 0.811. The first-order valence-corrected chi connectivity index (χ1v) is 7.29. The molecule has 1 N–H and O–H groups in total. The van der Waals surface area contributed by atoms with E-state index in [0.29, 0.717) is 0 Å². The molecule has 0 aliphatic carbocycles. The van der Waals surface area contributed by atoms with Crippen LogP contribution in [0.15, 0.2) is 30.3 Å². The zero-order valence-electron chi connectivity index (χ0n) is 11.2. The molecule has 0 spiro atoms. The van der Waals surface area contributed by atoms with Gasteiger partial charge in [0.2, 0.25) is 0 Å². The van der Waals surface area contributed by atoms with E-state index in [4.69, 9.17) is 0 Å². The van der Waals surface area contributed by atoms with Crippen molar-refractivity contribution >= 4 is 11.3 Å². The second-order valence-corrected chi connectivity index (χ2v) is 6.82. The molecule has 1 aromatic heterocycles. The largest absolute Gasteiger partial charge is 0.312 e. The summed E-state index contributed by atoms with van der Waals surface area (Å²) in [4.78, 5) is 2.97. The van der Waals surface area contributed by atoms with E-state index >= 15 is 0 Å². The summed E-state index contributed by atoms with van der Waals surface area (Å²) in [5, 5.41) is 3.52. The number of hydrogen-bond acceptors (Lipinski definition) is 2. The van der Waals surface area contributed by atoms with E-state index in [0.717, 1.165) is 13.1 Å². The molecule has 0 radical (unpaired) electrons. The molecular formula is C16H19NS. The van der Waals surface area contributed by atoms with Gasteiger partial charge in [0.05, 0.1) is 0 Å². The van der Waals surface area contributed by atoms with Crippen molar-refractivity contribution in [1.82, 2.24) is 5.32 Å². The maximum atomic E-state index is 3.52. The monoisotopic (exact) mass is 257 g/mol. The van der Waals surface area contributed by atoms with E-state index in [1.165, 1.54) is 21.6 Å². The van der Waals surface area contributed by atoms with E-state index in [2.05, 4.69) is 56.4 Å². The number of hydrogen-bond donors (Lipinski definition) is 1. The van der Waals surface area contributed by atoms with Gasteiger partial charge in [-0.25, -0.2) is 0 Å². The predicted molar refractivity (Wildman–Crippen MR) is 79.2 cm³/mol. The van der Waals surface area contributed by atoms with Gasteiger partial charge in [0.15, 0.2) is 0 Å². The molecule has 0 fully saturated rings. The standard InChI is InChI=1S/C16H19NS/c1-11-6-4-5-7-13(11)14-8-12-9-17-10-16(2,3)15(12)18-14/h4-8,17H,9-10H2,1-3H3. The van der Waals surface area contributed by atoms with Gasteiger partial charge in [0, 0.05) is 28.3 Å². The van der Waals surface area contributed by atoms with Crippen molar-refractivity contribution in [2.75, 3.05) is 6.54 Å². The molecule has 1 aliphatic rings. The van der Waals surface area contributed by atoms with Crippen molar-refractivity contribution in [2.45, 2.75) is 32.7 Å². The highest BCUT2D eigenvalue weighted by Crippen LogP contribution is 2.41. The van der Waals surface area contributed by atoms with Gasteiger partial charge < -0.3 is 5.32 Å². The van der Waals surface area contributed by atoms with Gasteiger partial charge >= 0.3 is 0 Å². The van der Waals surface area contributed by atoms with Gasteiger partial charge in [-0.3, -0.25) is 0 Å². The molecule has 0 atom stereocenters. The summed E-state index contributed by atoms with van der Waals surface area (Å²) in [5.74, 6) is 0. The minimum Gasteiger partial charge on any atom is -0.312 e. The molecule has 1 aromatic carbocycles. The molecule has 0 saturated heterocycles. The van der Waals surface area contributed by atoms with Gasteiger partial charge in [-0.05, 0) is 29.7 Å². The maximum Gasteiger partial charge on any atom is 0.0351 e. The minimum atomic E-state index is 0.263. The van der Waals surface area contributed by atoms with Crippen LogP contribution >= 0.6 is 11.3 Å². The SMILES string of the molecule is Cc1ccccc1-c1cc2c(s1)C(C)(C)CNC2. The number of aryl methyl sites for hydroxylation is 1. The molecule has 2 heterocycles. The molecular weight excluding hydrogens is 238 g/mol. The third-order valence-electron chi connectivity index (χ3n) is 3.72. The van der Waals surface area contributed by atoms with Crippen molar-refractivity contribution in [3.63, 3.8) is 0 Å². The topological polar surface area (TPSA) is 12.0 Å². The van der Waals surface area contributed by atoms with Crippen LogP contribution in [-0.4, -0.2) is 6.54 Å². The molecule has 94 valence electrons. The average Bonchev–Trinajstić information content (AvgIpc) is 2.74. The predicted octanol–water partition coefficient (Wildman–Crippen LogP) is 4.10. The van der Waals surface area contributed by atoms with E-state index in [1.54, 1.807) is 4.88 Å². The first-order valence-electron chi connectivity index (χ1n) is 6.48. The second-order valence-electron chi connectivity index (χ2n) is 5.77. The number of nitrogens with one attached hydrogen (secondary N) is 1. The molecule has 2 aromatic rings. The third-order valence-corrected chi connectivity index (χ3v) is 5.29. The first-order chi connectivity index (χ1) is 8.58. The Kier molecular flexibility index (Phi) is 2.80. The zero-order valence-corrected chi connectivity index (χ0v) is 12.0. The molecule has 2 heteroatoms. The fraction of sp³-hybridized carbons (Fsp3) is 0.375. The van der Waals surface area contributed by atoms with Crippen LogP contribution < -0.4 is 5.32 Å². The highest BCUT2D eigenvalue weighted by molar-refractivity contribution is 7.15. The lowest BCUT2D eigenvalue weighted by Crippen LogP contribution is -2.37. The van der Waals surface area contributed by atoms with Gasteiger partial charge in [-0.1, -0.05) is 38.1 Å². The Labute approximate surface area is 113 Å². The van der Waals surface area contributed by atoms with Crippen LogP contribution in [0.4, 0.5) is 0 Å². The lowest BCUT2D eigenvalue weighted by Gasteiger charge is -2.30. The van der Waals surface area contributed by atoms with E-state index in [9.17, 15) is 0 Å². The Morgan fingerprint density at radius 1 is 1.22 bits per heavy atom. The molecule has 0 bridgehead atoms. The third kappa shape index (κ3) is 1.90. The van der Waals surface area contributed by atoms with Crippen molar-refractivity contribution < 1.29 is 0 Å². The normalized spacial score (nSPS) is 17.5. The van der Waals surface area contributed by atoms with Gasteiger partial charge in [-0.15, -0.1) is 11.3 Å². The molecule has 1 nitrogen and oxygen atoms in total. The Morgan fingerprint density at radius 3 is 2.72 bits per heavy atom. The summed E-state index contributed by atoms with van der Waals surface area (Å²) in [7, 11) is 0. The van der Waals surface area contributed by atoms with Crippen LogP contribution in [-0.2, 0) is 12.0 Å². The average molecular weight is 257 g/mol. The van der Waals surface area contributed by atoms with E-state index in [1.807, 2.05) is 11.3 Å². The molecule has 0 amide bonds. The first kappa shape index (κ1) is 11.9. The lowest BCUT2D eigenvalue weighted by atomic mass is 9.86. The van der Waals surface area contributed by atoms with Crippen LogP contribution in [0.2, 0.25) is 0 Å². The van der Waals surface area contributed by atoms with Crippen molar-refractivity contribution in [1.29, 1.82) is 0 Å². The summed E-state index contributed by atoms with van der Waals surface area (Å²) >= 11 is 1.97. The Morgan fingerprint density at radius 2 is 2.00 bits per heavy atom. The summed E-state index contributed by atoms with van der Waals surface area (Å²) < 4.78 is 0. The van der Waals surface area contributed by atoms with Crippen molar-refractivity contribution in [3.05, 3.63) is 46.3 Å². The molecule has 0 saturated carbocycles. The van der Waals surface area contributed by atoms with Crippen LogP contribution in [0.1, 0.15) is 29.9 Å². The Balaban J connectivity index is 2.12. The van der Waals surface area contributed by atoms with E-state index in [-0.39, 0.29) is 5.41 Å². The van der Waals surface area contributed by atoms with Crippen LogP contribution in [0.3, 0.4) is 0 Å². The fourth-order valence-corrected chi connectivity index (χ4v) is 4.08. The summed E-state index contributed by atoms with van der Waals surface area (Å²) in [5.41, 5.74) is 4.49. The van der Waals surface area contributed by atoms with Crippen LogP contribution in [0.5, 0.6) is 0 Å². The zero-order chi connectivity index (χ0) is 12.8. The molecule has 18 heavy (non-hydrogen) atoms. The molecule has 0 unspecified atom stereocenters. The van der Waals surface area contributed by atoms with Gasteiger partial charge in [0.1, 0.15) is 0 Å². The van der Waals surface area contributed by atoms with Gasteiger partial charge in [0.25, 0.3) is 0 Å². The van der Waals surface area contributed by atoms with Crippen molar-refractivity contribution in [3.8, 4) is 10.4 Å². The number of benzene rings is 1. The number of fused-ring (bicyclic) bond motifs is 1. The Bertz CT molecular complexity index is 581. The van der Waals surface area contributed by atoms with Crippen LogP contribution in [0, 0.1) is 6.92 Å². The summed E-state index contributed by atoms with van der Waals surface area (Å²) in [6.45, 7) is 8.94. The second kappa shape index (κ2) is 4.22. The fourth-order valence-electron chi connectivity index (χ4n) is 2.70.